The number of aliphatic hydroxyl groups is 1. The summed E-state index contributed by atoms with van der Waals surface area (Å²) in [6.45, 7) is 1.89. The van der Waals surface area contributed by atoms with Gasteiger partial charge in [-0.15, -0.1) is 0 Å². The first kappa shape index (κ1) is 10.6. The van der Waals surface area contributed by atoms with Gasteiger partial charge < -0.3 is 10.8 Å². The molecule has 0 amide bonds. The second-order valence-electron chi connectivity index (χ2n) is 4.37. The van der Waals surface area contributed by atoms with Gasteiger partial charge in [-0.05, 0) is 42.9 Å². The van der Waals surface area contributed by atoms with Crippen LogP contribution in [0.2, 0.25) is 0 Å². The molecule has 1 aromatic carbocycles. The molecule has 1 fully saturated rings. The lowest BCUT2D eigenvalue weighted by Crippen LogP contribution is -2.37. The van der Waals surface area contributed by atoms with Crippen molar-refractivity contribution in [3.63, 3.8) is 0 Å². The van der Waals surface area contributed by atoms with E-state index in [4.69, 9.17) is 5.73 Å². The number of halogens is 1. The van der Waals surface area contributed by atoms with Crippen molar-refractivity contribution >= 4 is 0 Å². The Morgan fingerprint density at radius 2 is 2.20 bits per heavy atom. The number of aryl methyl sites for hydroxylation is 1. The van der Waals surface area contributed by atoms with Crippen LogP contribution in [-0.2, 0) is 5.60 Å². The Labute approximate surface area is 88.9 Å². The van der Waals surface area contributed by atoms with Crippen molar-refractivity contribution in [2.24, 2.45) is 11.7 Å². The van der Waals surface area contributed by atoms with Crippen LogP contribution in [0.1, 0.15) is 24.0 Å². The summed E-state index contributed by atoms with van der Waals surface area (Å²) in [5.74, 6) is 0.00118. The molecule has 1 aliphatic rings. The maximum absolute atomic E-state index is 13.1. The Balaban J connectivity index is 2.38. The average molecular weight is 209 g/mol. The molecule has 1 aliphatic carbocycles. The van der Waals surface area contributed by atoms with E-state index in [0.717, 1.165) is 18.4 Å². The van der Waals surface area contributed by atoms with Crippen molar-refractivity contribution in [2.45, 2.75) is 25.4 Å². The lowest BCUT2D eigenvalue weighted by molar-refractivity contribution is 0.0221. The van der Waals surface area contributed by atoms with Gasteiger partial charge in [0.05, 0.1) is 0 Å². The minimum atomic E-state index is -0.960. The van der Waals surface area contributed by atoms with Crippen molar-refractivity contribution in [1.82, 2.24) is 0 Å². The number of nitrogens with two attached hydrogens (primary N) is 1. The maximum Gasteiger partial charge on any atom is 0.126 e. The second kappa shape index (κ2) is 3.58. The molecule has 82 valence electrons. The third-order valence-electron chi connectivity index (χ3n) is 3.22. The monoisotopic (exact) mass is 209 g/mol. The van der Waals surface area contributed by atoms with Gasteiger partial charge in [-0.2, -0.15) is 0 Å². The van der Waals surface area contributed by atoms with Gasteiger partial charge in [0.1, 0.15) is 11.4 Å². The molecule has 0 radical (unpaired) electrons. The van der Waals surface area contributed by atoms with E-state index in [1.165, 1.54) is 6.07 Å². The number of hydrogen-bond acceptors (Lipinski definition) is 2. The molecule has 0 aromatic heterocycles. The number of rotatable bonds is 3. The van der Waals surface area contributed by atoms with Crippen molar-refractivity contribution in [3.05, 3.63) is 35.1 Å². The van der Waals surface area contributed by atoms with E-state index in [9.17, 15) is 9.50 Å². The highest BCUT2D eigenvalue weighted by atomic mass is 19.1. The summed E-state index contributed by atoms with van der Waals surface area (Å²) in [7, 11) is 0. The smallest absolute Gasteiger partial charge is 0.126 e. The Morgan fingerprint density at radius 3 is 2.67 bits per heavy atom. The normalized spacial score (nSPS) is 20.0. The third-order valence-corrected chi connectivity index (χ3v) is 3.22. The summed E-state index contributed by atoms with van der Waals surface area (Å²) >= 11 is 0. The fraction of sp³-hybridized carbons (Fsp3) is 0.500. The highest BCUT2D eigenvalue weighted by Gasteiger charge is 2.44. The van der Waals surface area contributed by atoms with E-state index in [1.54, 1.807) is 19.1 Å². The zero-order chi connectivity index (χ0) is 11.1. The summed E-state index contributed by atoms with van der Waals surface area (Å²) in [5, 5.41) is 10.4. The fourth-order valence-electron chi connectivity index (χ4n) is 2.00. The van der Waals surface area contributed by atoms with Gasteiger partial charge in [0.2, 0.25) is 0 Å². The van der Waals surface area contributed by atoms with Crippen molar-refractivity contribution in [3.8, 4) is 0 Å². The molecule has 0 spiro atoms. The van der Waals surface area contributed by atoms with Gasteiger partial charge >= 0.3 is 0 Å². The summed E-state index contributed by atoms with van der Waals surface area (Å²) in [6.07, 6.45) is 2.01. The summed E-state index contributed by atoms with van der Waals surface area (Å²) in [5.41, 5.74) is 5.96. The van der Waals surface area contributed by atoms with Crippen molar-refractivity contribution in [2.75, 3.05) is 6.54 Å². The molecule has 0 bridgehead atoms. The Morgan fingerprint density at radius 1 is 1.53 bits per heavy atom. The van der Waals surface area contributed by atoms with E-state index >= 15 is 0 Å². The molecule has 2 nitrogen and oxygen atoms in total. The minimum Gasteiger partial charge on any atom is -0.384 e. The van der Waals surface area contributed by atoms with Gasteiger partial charge in [0.15, 0.2) is 0 Å². The van der Waals surface area contributed by atoms with E-state index in [2.05, 4.69) is 0 Å². The van der Waals surface area contributed by atoms with Crippen LogP contribution < -0.4 is 5.73 Å². The molecule has 3 N–H and O–H groups in total. The lowest BCUT2D eigenvalue weighted by atomic mass is 9.88. The molecule has 1 aromatic rings. The molecule has 15 heavy (non-hydrogen) atoms. The SMILES string of the molecule is Cc1cc(C(O)(CN)C2CC2)ccc1F. The molecular formula is C12H16FNO. The van der Waals surface area contributed by atoms with Crippen LogP contribution in [0.3, 0.4) is 0 Å². The predicted molar refractivity (Wildman–Crippen MR) is 56.8 cm³/mol. The van der Waals surface area contributed by atoms with E-state index < -0.39 is 5.60 Å². The first-order valence-corrected chi connectivity index (χ1v) is 5.27. The molecule has 0 aliphatic heterocycles. The first-order valence-electron chi connectivity index (χ1n) is 5.27. The first-order chi connectivity index (χ1) is 7.08. The minimum absolute atomic E-state index is 0.197. The fourth-order valence-corrected chi connectivity index (χ4v) is 2.00. The zero-order valence-electron chi connectivity index (χ0n) is 8.83. The Bertz CT molecular complexity index is 376. The van der Waals surface area contributed by atoms with Crippen LogP contribution >= 0.6 is 0 Å². The molecule has 1 atom stereocenters. The number of benzene rings is 1. The second-order valence-corrected chi connectivity index (χ2v) is 4.37. The van der Waals surface area contributed by atoms with Crippen LogP contribution in [0.25, 0.3) is 0 Å². The molecule has 1 saturated carbocycles. The summed E-state index contributed by atoms with van der Waals surface area (Å²) in [6, 6.07) is 4.72. The topological polar surface area (TPSA) is 46.2 Å². The molecule has 2 rings (SSSR count). The van der Waals surface area contributed by atoms with Crippen LogP contribution in [0.4, 0.5) is 4.39 Å². The quantitative estimate of drug-likeness (QED) is 0.795. The van der Waals surface area contributed by atoms with Gasteiger partial charge in [0, 0.05) is 6.54 Å². The third kappa shape index (κ3) is 1.77. The van der Waals surface area contributed by atoms with E-state index in [0.29, 0.717) is 5.56 Å². The van der Waals surface area contributed by atoms with Gasteiger partial charge in [0.25, 0.3) is 0 Å². The number of hydrogen-bond donors (Lipinski definition) is 2. The molecule has 1 unspecified atom stereocenters. The molecule has 3 heteroatoms. The molecule has 0 saturated heterocycles. The van der Waals surface area contributed by atoms with Crippen LogP contribution in [-0.4, -0.2) is 11.7 Å². The van der Waals surface area contributed by atoms with Crippen LogP contribution in [0.15, 0.2) is 18.2 Å². The maximum atomic E-state index is 13.1. The van der Waals surface area contributed by atoms with Crippen molar-refractivity contribution in [1.29, 1.82) is 0 Å². The zero-order valence-corrected chi connectivity index (χ0v) is 8.83. The predicted octanol–water partition coefficient (Wildman–Crippen LogP) is 1.69. The highest BCUT2D eigenvalue weighted by molar-refractivity contribution is 5.30. The van der Waals surface area contributed by atoms with E-state index in [1.807, 2.05) is 0 Å². The molecular weight excluding hydrogens is 193 g/mol. The average Bonchev–Trinajstić information content (AvgIpc) is 3.04. The highest BCUT2D eigenvalue weighted by Crippen LogP contribution is 2.45. The standard InChI is InChI=1S/C12H16FNO/c1-8-6-10(4-5-11(8)13)12(15,7-14)9-2-3-9/h4-6,9,15H,2-3,7,14H2,1H3. The Kier molecular flexibility index (Phi) is 2.52. The van der Waals surface area contributed by atoms with Gasteiger partial charge in [-0.25, -0.2) is 4.39 Å². The molecule has 0 heterocycles. The van der Waals surface area contributed by atoms with E-state index in [-0.39, 0.29) is 18.3 Å². The largest absolute Gasteiger partial charge is 0.384 e. The van der Waals surface area contributed by atoms with Gasteiger partial charge in [-0.3, -0.25) is 0 Å². The van der Waals surface area contributed by atoms with Crippen molar-refractivity contribution < 1.29 is 9.50 Å². The summed E-state index contributed by atoms with van der Waals surface area (Å²) < 4.78 is 13.1. The van der Waals surface area contributed by atoms with Gasteiger partial charge in [-0.1, -0.05) is 12.1 Å². The summed E-state index contributed by atoms with van der Waals surface area (Å²) in [4.78, 5) is 0. The Hall–Kier alpha value is -0.930. The van der Waals surface area contributed by atoms with Crippen LogP contribution in [0.5, 0.6) is 0 Å². The lowest BCUT2D eigenvalue weighted by Gasteiger charge is -2.27. The van der Waals surface area contributed by atoms with Crippen LogP contribution in [0, 0.1) is 18.7 Å².